The Morgan fingerprint density at radius 2 is 1.80 bits per heavy atom. The van der Waals surface area contributed by atoms with Crippen LogP contribution >= 0.6 is 24.0 Å². The highest BCUT2D eigenvalue weighted by Crippen LogP contribution is 2.17. The van der Waals surface area contributed by atoms with Crippen LogP contribution < -0.4 is 15.5 Å². The molecule has 2 aromatic rings. The van der Waals surface area contributed by atoms with Crippen LogP contribution in [0.25, 0.3) is 0 Å². The quantitative estimate of drug-likeness (QED) is 0.408. The molecule has 1 unspecified atom stereocenters. The number of hydrogen-bond acceptors (Lipinski definition) is 2. The number of nitrogens with one attached hydrogen (secondary N) is 2. The van der Waals surface area contributed by atoms with Gasteiger partial charge in [-0.05, 0) is 42.7 Å². The Bertz CT molecular complexity index is 683. The molecular weight excluding hydrogens is 423 g/mol. The van der Waals surface area contributed by atoms with Gasteiger partial charge in [0.2, 0.25) is 0 Å². The maximum absolute atomic E-state index is 4.33. The molecule has 0 saturated carbocycles. The zero-order valence-corrected chi connectivity index (χ0v) is 18.0. The molecule has 0 aromatic heterocycles. The summed E-state index contributed by atoms with van der Waals surface area (Å²) in [5.41, 5.74) is 5.01. The zero-order chi connectivity index (χ0) is 17.5. The van der Waals surface area contributed by atoms with E-state index in [-0.39, 0.29) is 30.0 Å². The van der Waals surface area contributed by atoms with Crippen LogP contribution in [0.1, 0.15) is 29.7 Å². The van der Waals surface area contributed by atoms with Crippen LogP contribution in [0.15, 0.2) is 53.5 Å². The number of aryl methyl sites for hydroxylation is 1. The van der Waals surface area contributed by atoms with Crippen molar-refractivity contribution in [3.63, 3.8) is 0 Å². The Morgan fingerprint density at radius 1 is 1.12 bits per heavy atom. The summed E-state index contributed by atoms with van der Waals surface area (Å²) < 4.78 is 0. The van der Waals surface area contributed by atoms with E-state index in [9.17, 15) is 0 Å². The zero-order valence-electron chi connectivity index (χ0n) is 15.7. The maximum Gasteiger partial charge on any atom is 0.191 e. The van der Waals surface area contributed by atoms with Crippen molar-refractivity contribution >= 4 is 35.6 Å². The lowest BCUT2D eigenvalue weighted by Gasteiger charge is -2.19. The monoisotopic (exact) mass is 452 g/mol. The summed E-state index contributed by atoms with van der Waals surface area (Å²) in [7, 11) is 5.92. The van der Waals surface area contributed by atoms with E-state index in [1.165, 1.54) is 22.4 Å². The number of halogens is 1. The van der Waals surface area contributed by atoms with Gasteiger partial charge in [-0.1, -0.05) is 36.4 Å². The van der Waals surface area contributed by atoms with E-state index < -0.39 is 0 Å². The van der Waals surface area contributed by atoms with Gasteiger partial charge in [-0.15, -0.1) is 24.0 Å². The van der Waals surface area contributed by atoms with Crippen molar-refractivity contribution in [3.05, 3.63) is 65.2 Å². The van der Waals surface area contributed by atoms with Crippen molar-refractivity contribution in [1.29, 1.82) is 0 Å². The summed E-state index contributed by atoms with van der Waals surface area (Å²) in [6.07, 6.45) is 0. The van der Waals surface area contributed by atoms with Crippen LogP contribution in [-0.2, 0) is 6.54 Å². The lowest BCUT2D eigenvalue weighted by atomic mass is 10.1. The van der Waals surface area contributed by atoms with E-state index >= 15 is 0 Å². The van der Waals surface area contributed by atoms with Gasteiger partial charge in [-0.25, -0.2) is 0 Å². The molecule has 0 radical (unpaired) electrons. The van der Waals surface area contributed by atoms with Crippen molar-refractivity contribution in [1.82, 2.24) is 10.6 Å². The first-order valence-electron chi connectivity index (χ1n) is 8.30. The number of nitrogens with zero attached hydrogens (tertiary/aromatic N) is 2. The molecule has 2 aromatic carbocycles. The Balaban J connectivity index is 0.00000312. The number of rotatable bonds is 5. The number of anilines is 1. The highest BCUT2D eigenvalue weighted by atomic mass is 127. The molecule has 0 aliphatic heterocycles. The molecule has 0 heterocycles. The molecule has 0 aliphatic carbocycles. The Hall–Kier alpha value is -1.76. The lowest BCUT2D eigenvalue weighted by Crippen LogP contribution is -2.38. The SMILES string of the molecule is CN=C(NCc1ccc(N(C)C)cc1C)NC(C)c1ccccc1.I. The fourth-order valence-electron chi connectivity index (χ4n) is 2.56. The number of benzene rings is 2. The molecule has 0 saturated heterocycles. The molecule has 0 aliphatic rings. The van der Waals surface area contributed by atoms with E-state index in [2.05, 4.69) is 90.9 Å². The normalized spacial score (nSPS) is 12.1. The van der Waals surface area contributed by atoms with E-state index in [0.29, 0.717) is 0 Å². The largest absolute Gasteiger partial charge is 0.378 e. The van der Waals surface area contributed by atoms with Crippen LogP contribution in [0.2, 0.25) is 0 Å². The van der Waals surface area contributed by atoms with Gasteiger partial charge < -0.3 is 15.5 Å². The second kappa shape index (κ2) is 10.3. The standard InChI is InChI=1S/C20H28N4.HI/c1-15-13-19(24(4)5)12-11-18(15)14-22-20(21-3)23-16(2)17-9-7-6-8-10-17;/h6-13,16H,14H2,1-5H3,(H2,21,22,23);1H. The van der Waals surface area contributed by atoms with Gasteiger partial charge in [0, 0.05) is 33.4 Å². The summed E-state index contributed by atoms with van der Waals surface area (Å²) in [5, 5.41) is 6.83. The topological polar surface area (TPSA) is 39.7 Å². The van der Waals surface area contributed by atoms with Gasteiger partial charge in [-0.3, -0.25) is 4.99 Å². The highest BCUT2D eigenvalue weighted by molar-refractivity contribution is 14.0. The molecule has 5 heteroatoms. The lowest BCUT2D eigenvalue weighted by molar-refractivity contribution is 0.685. The molecule has 136 valence electrons. The Kier molecular flexibility index (Phi) is 8.75. The first-order valence-corrected chi connectivity index (χ1v) is 8.30. The first kappa shape index (κ1) is 21.3. The van der Waals surface area contributed by atoms with Crippen molar-refractivity contribution < 1.29 is 0 Å². The third-order valence-electron chi connectivity index (χ3n) is 4.17. The van der Waals surface area contributed by atoms with Crippen molar-refractivity contribution in [2.75, 3.05) is 26.0 Å². The van der Waals surface area contributed by atoms with Gasteiger partial charge in [0.1, 0.15) is 0 Å². The van der Waals surface area contributed by atoms with Crippen LogP contribution in [0.5, 0.6) is 0 Å². The Labute approximate surface area is 168 Å². The highest BCUT2D eigenvalue weighted by Gasteiger charge is 2.08. The fourth-order valence-corrected chi connectivity index (χ4v) is 2.56. The summed E-state index contributed by atoms with van der Waals surface area (Å²) in [6, 6.07) is 17.1. The molecule has 0 bridgehead atoms. The van der Waals surface area contributed by atoms with E-state index in [0.717, 1.165) is 12.5 Å². The smallest absolute Gasteiger partial charge is 0.191 e. The average Bonchev–Trinajstić information content (AvgIpc) is 2.59. The van der Waals surface area contributed by atoms with Crippen LogP contribution in [-0.4, -0.2) is 27.1 Å². The molecule has 0 amide bonds. The molecule has 4 nitrogen and oxygen atoms in total. The third kappa shape index (κ3) is 6.23. The van der Waals surface area contributed by atoms with Crippen molar-refractivity contribution in [2.24, 2.45) is 4.99 Å². The minimum absolute atomic E-state index is 0. The van der Waals surface area contributed by atoms with Gasteiger partial charge in [0.25, 0.3) is 0 Å². The van der Waals surface area contributed by atoms with Crippen LogP contribution in [0.3, 0.4) is 0 Å². The van der Waals surface area contributed by atoms with Gasteiger partial charge in [0.05, 0.1) is 6.04 Å². The predicted octanol–water partition coefficient (Wildman–Crippen LogP) is 4.11. The number of guanidine groups is 1. The number of hydrogen-bond donors (Lipinski definition) is 2. The average molecular weight is 452 g/mol. The molecule has 0 spiro atoms. The van der Waals surface area contributed by atoms with Crippen LogP contribution in [0.4, 0.5) is 5.69 Å². The summed E-state index contributed by atoms with van der Waals surface area (Å²) >= 11 is 0. The minimum atomic E-state index is 0. The molecule has 2 rings (SSSR count). The van der Waals surface area contributed by atoms with E-state index in [4.69, 9.17) is 0 Å². The molecule has 1 atom stereocenters. The van der Waals surface area contributed by atoms with E-state index in [1.807, 2.05) is 6.07 Å². The maximum atomic E-state index is 4.33. The third-order valence-corrected chi connectivity index (χ3v) is 4.17. The van der Waals surface area contributed by atoms with Crippen molar-refractivity contribution in [3.8, 4) is 0 Å². The number of aliphatic imine (C=N–C) groups is 1. The molecule has 25 heavy (non-hydrogen) atoms. The Morgan fingerprint density at radius 3 is 2.36 bits per heavy atom. The van der Waals surface area contributed by atoms with Gasteiger partial charge in [-0.2, -0.15) is 0 Å². The summed E-state index contributed by atoms with van der Waals surface area (Å²) in [5.74, 6) is 0.808. The van der Waals surface area contributed by atoms with E-state index in [1.54, 1.807) is 7.05 Å². The molecular formula is C20H29IN4. The van der Waals surface area contributed by atoms with Gasteiger partial charge in [0.15, 0.2) is 5.96 Å². The second-order valence-electron chi connectivity index (χ2n) is 6.21. The summed E-state index contributed by atoms with van der Waals surface area (Å²) in [4.78, 5) is 6.45. The minimum Gasteiger partial charge on any atom is -0.378 e. The van der Waals surface area contributed by atoms with Crippen molar-refractivity contribution in [2.45, 2.75) is 26.4 Å². The van der Waals surface area contributed by atoms with Crippen LogP contribution in [0, 0.1) is 6.92 Å². The predicted molar refractivity (Wildman–Crippen MR) is 119 cm³/mol. The fraction of sp³-hybridized carbons (Fsp3) is 0.350. The summed E-state index contributed by atoms with van der Waals surface area (Å²) in [6.45, 7) is 5.03. The first-order chi connectivity index (χ1) is 11.5. The molecule has 2 N–H and O–H groups in total. The molecule has 0 fully saturated rings. The second-order valence-corrected chi connectivity index (χ2v) is 6.21. The van der Waals surface area contributed by atoms with Gasteiger partial charge >= 0.3 is 0 Å².